The molecule has 8 heteroatoms. The van der Waals surface area contributed by atoms with E-state index in [1.165, 1.54) is 10.4 Å². The third-order valence-corrected chi connectivity index (χ3v) is 6.61. The van der Waals surface area contributed by atoms with Crippen molar-refractivity contribution in [2.75, 3.05) is 33.3 Å². The van der Waals surface area contributed by atoms with Crippen molar-refractivity contribution in [3.63, 3.8) is 0 Å². The summed E-state index contributed by atoms with van der Waals surface area (Å²) in [6.07, 6.45) is 5.46. The molecule has 2 aromatic rings. The topological polar surface area (TPSA) is 91.8 Å². The molecule has 0 aliphatic carbocycles. The van der Waals surface area contributed by atoms with Gasteiger partial charge in [-0.3, -0.25) is 14.6 Å². The number of nitrogens with one attached hydrogen (secondary N) is 1. The van der Waals surface area contributed by atoms with Crippen molar-refractivity contribution < 1.29 is 19.4 Å². The van der Waals surface area contributed by atoms with Crippen molar-refractivity contribution in [3.05, 3.63) is 51.5 Å². The Bertz CT molecular complexity index is 817. The standard InChI is InChI=1S/C20H25N3O2S.CH2O2/c1-23-11-7-20(8-12-23)16-14-18(26-17(16)6-13-25-20)19(24)22-10-5-15-4-2-3-9-21-15;2-1-3/h2-4,9,14H,5-8,10-13H2,1H3,(H,22,24);1H,(H,2,3). The van der Waals surface area contributed by atoms with E-state index in [0.29, 0.717) is 6.54 Å². The summed E-state index contributed by atoms with van der Waals surface area (Å²) in [6.45, 7) is 3.20. The quantitative estimate of drug-likeness (QED) is 0.742. The first-order chi connectivity index (χ1) is 14.1. The number of ether oxygens (including phenoxy) is 1. The first-order valence-corrected chi connectivity index (χ1v) is 10.6. The van der Waals surface area contributed by atoms with Gasteiger partial charge in [0.2, 0.25) is 0 Å². The molecule has 0 aromatic carbocycles. The molecular formula is C21H27N3O4S. The Morgan fingerprint density at radius 1 is 1.41 bits per heavy atom. The van der Waals surface area contributed by atoms with Gasteiger partial charge in [0.1, 0.15) is 0 Å². The molecule has 0 radical (unpaired) electrons. The van der Waals surface area contributed by atoms with E-state index in [9.17, 15) is 4.79 Å². The predicted octanol–water partition coefficient (Wildman–Crippen LogP) is 2.31. The van der Waals surface area contributed by atoms with E-state index in [1.807, 2.05) is 18.2 Å². The molecule has 7 nitrogen and oxygen atoms in total. The lowest BCUT2D eigenvalue weighted by atomic mass is 9.82. The Hall–Kier alpha value is -2.29. The van der Waals surface area contributed by atoms with Gasteiger partial charge in [0, 0.05) is 49.2 Å². The number of amides is 1. The SMILES string of the molecule is CN1CCC2(CC1)OCCc1sc(C(=O)NCCc3ccccn3)cc12.O=CO. The number of carboxylic acid groups (broad SMARTS) is 1. The summed E-state index contributed by atoms with van der Waals surface area (Å²) in [6, 6.07) is 7.94. The second kappa shape index (κ2) is 9.96. The second-order valence-electron chi connectivity index (χ2n) is 7.28. The third kappa shape index (κ3) is 5.20. The van der Waals surface area contributed by atoms with Crippen molar-refractivity contribution in [1.29, 1.82) is 0 Å². The zero-order valence-electron chi connectivity index (χ0n) is 16.6. The molecule has 4 heterocycles. The van der Waals surface area contributed by atoms with E-state index in [1.54, 1.807) is 17.5 Å². The fourth-order valence-electron chi connectivity index (χ4n) is 3.86. The summed E-state index contributed by atoms with van der Waals surface area (Å²) in [5.74, 6) is 0.0170. The highest BCUT2D eigenvalue weighted by Crippen LogP contribution is 2.44. The Balaban J connectivity index is 0.000000755. The van der Waals surface area contributed by atoms with Gasteiger partial charge < -0.3 is 20.1 Å². The molecule has 0 bridgehead atoms. The number of likely N-dealkylation sites (tertiary alicyclic amines) is 1. The minimum atomic E-state index is -0.250. The van der Waals surface area contributed by atoms with Crippen molar-refractivity contribution in [2.24, 2.45) is 0 Å². The minimum absolute atomic E-state index is 0.0170. The molecule has 29 heavy (non-hydrogen) atoms. The average Bonchev–Trinajstić information content (AvgIpc) is 3.18. The zero-order valence-corrected chi connectivity index (χ0v) is 17.4. The van der Waals surface area contributed by atoms with Crippen molar-refractivity contribution in [3.8, 4) is 0 Å². The van der Waals surface area contributed by atoms with E-state index < -0.39 is 0 Å². The molecule has 1 spiro atoms. The summed E-state index contributed by atoms with van der Waals surface area (Å²) < 4.78 is 6.25. The van der Waals surface area contributed by atoms with Gasteiger partial charge in [-0.15, -0.1) is 11.3 Å². The molecule has 2 aliphatic rings. The van der Waals surface area contributed by atoms with Gasteiger partial charge >= 0.3 is 0 Å². The lowest BCUT2D eigenvalue weighted by Gasteiger charge is -2.43. The number of rotatable bonds is 4. The summed E-state index contributed by atoms with van der Waals surface area (Å²) in [4.78, 5) is 29.7. The molecule has 2 aliphatic heterocycles. The predicted molar refractivity (Wildman–Crippen MR) is 111 cm³/mol. The summed E-state index contributed by atoms with van der Waals surface area (Å²) in [7, 11) is 2.16. The molecule has 1 fully saturated rings. The van der Waals surface area contributed by atoms with Crippen LogP contribution in [0.4, 0.5) is 0 Å². The molecular weight excluding hydrogens is 390 g/mol. The highest BCUT2D eigenvalue weighted by Gasteiger charge is 2.41. The highest BCUT2D eigenvalue weighted by molar-refractivity contribution is 7.14. The van der Waals surface area contributed by atoms with Crippen LogP contribution in [-0.2, 0) is 28.0 Å². The van der Waals surface area contributed by atoms with Crippen LogP contribution in [0, 0.1) is 0 Å². The van der Waals surface area contributed by atoms with Crippen molar-refractivity contribution in [1.82, 2.24) is 15.2 Å². The Morgan fingerprint density at radius 3 is 2.86 bits per heavy atom. The van der Waals surface area contributed by atoms with Gasteiger partial charge in [-0.1, -0.05) is 6.07 Å². The van der Waals surface area contributed by atoms with Crippen LogP contribution in [0.25, 0.3) is 0 Å². The normalized spacial score (nSPS) is 17.7. The number of pyridine rings is 1. The van der Waals surface area contributed by atoms with Crippen LogP contribution >= 0.6 is 11.3 Å². The third-order valence-electron chi connectivity index (χ3n) is 5.42. The summed E-state index contributed by atoms with van der Waals surface area (Å²) >= 11 is 1.64. The largest absolute Gasteiger partial charge is 0.483 e. The van der Waals surface area contributed by atoms with E-state index in [-0.39, 0.29) is 18.0 Å². The van der Waals surface area contributed by atoms with Gasteiger partial charge in [-0.25, -0.2) is 0 Å². The van der Waals surface area contributed by atoms with Crippen LogP contribution in [0.15, 0.2) is 30.5 Å². The number of nitrogens with zero attached hydrogens (tertiary/aromatic N) is 2. The first kappa shape index (κ1) is 21.4. The maximum absolute atomic E-state index is 12.6. The van der Waals surface area contributed by atoms with E-state index in [0.717, 1.165) is 56.0 Å². The lowest BCUT2D eigenvalue weighted by Crippen LogP contribution is -2.44. The molecule has 2 aromatic heterocycles. The number of carbonyl (C=O) groups excluding carboxylic acids is 1. The fourth-order valence-corrected chi connectivity index (χ4v) is 5.01. The van der Waals surface area contributed by atoms with Gasteiger partial charge in [-0.2, -0.15) is 0 Å². The summed E-state index contributed by atoms with van der Waals surface area (Å²) in [5.41, 5.74) is 2.08. The molecule has 0 unspecified atom stereocenters. The number of aromatic nitrogens is 1. The maximum atomic E-state index is 12.6. The number of piperidine rings is 1. The van der Waals surface area contributed by atoms with Crippen molar-refractivity contribution in [2.45, 2.75) is 31.3 Å². The molecule has 4 rings (SSSR count). The minimum Gasteiger partial charge on any atom is -0.483 e. The Labute approximate surface area is 174 Å². The Kier molecular flexibility index (Phi) is 7.35. The zero-order chi connectivity index (χ0) is 20.7. The smallest absolute Gasteiger partial charge is 0.290 e. The van der Waals surface area contributed by atoms with Crippen LogP contribution in [0.1, 0.15) is 38.6 Å². The molecule has 1 amide bonds. The molecule has 0 atom stereocenters. The monoisotopic (exact) mass is 417 g/mol. The van der Waals surface area contributed by atoms with Gasteiger partial charge in [0.25, 0.3) is 12.4 Å². The van der Waals surface area contributed by atoms with Gasteiger partial charge in [0.05, 0.1) is 17.1 Å². The van der Waals surface area contributed by atoms with Gasteiger partial charge in [0.15, 0.2) is 0 Å². The van der Waals surface area contributed by atoms with Gasteiger partial charge in [-0.05, 0) is 43.7 Å². The number of carbonyl (C=O) groups is 2. The molecule has 0 saturated carbocycles. The number of hydrogen-bond donors (Lipinski definition) is 2. The van der Waals surface area contributed by atoms with Crippen LogP contribution in [0.5, 0.6) is 0 Å². The number of hydrogen-bond acceptors (Lipinski definition) is 6. The van der Waals surface area contributed by atoms with Crippen LogP contribution in [0.2, 0.25) is 0 Å². The fraction of sp³-hybridized carbons (Fsp3) is 0.476. The van der Waals surface area contributed by atoms with Crippen LogP contribution in [0.3, 0.4) is 0 Å². The number of fused-ring (bicyclic) bond motifs is 2. The average molecular weight is 418 g/mol. The molecule has 1 saturated heterocycles. The molecule has 2 N–H and O–H groups in total. The summed E-state index contributed by atoms with van der Waals surface area (Å²) in [5, 5.41) is 9.93. The highest BCUT2D eigenvalue weighted by atomic mass is 32.1. The van der Waals surface area contributed by atoms with Crippen molar-refractivity contribution >= 4 is 23.7 Å². The Morgan fingerprint density at radius 2 is 2.17 bits per heavy atom. The maximum Gasteiger partial charge on any atom is 0.290 e. The van der Waals surface area contributed by atoms with Crippen LogP contribution < -0.4 is 5.32 Å². The molecule has 156 valence electrons. The first-order valence-electron chi connectivity index (χ1n) is 9.79. The van der Waals surface area contributed by atoms with E-state index in [2.05, 4.69) is 28.3 Å². The van der Waals surface area contributed by atoms with E-state index in [4.69, 9.17) is 14.6 Å². The van der Waals surface area contributed by atoms with Crippen LogP contribution in [-0.4, -0.2) is 60.7 Å². The van der Waals surface area contributed by atoms with E-state index >= 15 is 0 Å². The lowest BCUT2D eigenvalue weighted by molar-refractivity contribution is -0.122. The number of thiophene rings is 1. The second-order valence-corrected chi connectivity index (χ2v) is 8.41.